The summed E-state index contributed by atoms with van der Waals surface area (Å²) in [7, 11) is 0. The Morgan fingerprint density at radius 3 is 2.74 bits per heavy atom. The van der Waals surface area contributed by atoms with Gasteiger partial charge in [0.2, 0.25) is 5.78 Å². The van der Waals surface area contributed by atoms with Crippen LogP contribution in [-0.2, 0) is 0 Å². The molecule has 100 valence electrons. The van der Waals surface area contributed by atoms with Gasteiger partial charge in [0.05, 0.1) is 12.3 Å². The Kier molecular flexibility index (Phi) is 4.27. The maximum absolute atomic E-state index is 12.1. The molecule has 0 amide bonds. The van der Waals surface area contributed by atoms with Crippen molar-refractivity contribution in [2.45, 2.75) is 13.3 Å². The van der Waals surface area contributed by atoms with Crippen molar-refractivity contribution < 1.29 is 13.9 Å². The number of nitrogen functional groups attached to an aromatic ring is 1. The van der Waals surface area contributed by atoms with E-state index in [9.17, 15) is 4.79 Å². The monoisotopic (exact) mass is 323 g/mol. The summed E-state index contributed by atoms with van der Waals surface area (Å²) < 4.78 is 11.2. The number of carbonyl (C=O) groups is 1. The normalized spacial score (nSPS) is 10.4. The van der Waals surface area contributed by atoms with E-state index in [-0.39, 0.29) is 11.5 Å². The predicted octanol–water partition coefficient (Wildman–Crippen LogP) is 3.64. The van der Waals surface area contributed by atoms with Crippen LogP contribution in [0.15, 0.2) is 39.4 Å². The fourth-order valence-corrected chi connectivity index (χ4v) is 1.92. The zero-order valence-corrected chi connectivity index (χ0v) is 12.1. The van der Waals surface area contributed by atoms with Gasteiger partial charge >= 0.3 is 0 Å². The van der Waals surface area contributed by atoms with Crippen molar-refractivity contribution in [2.75, 3.05) is 12.3 Å². The summed E-state index contributed by atoms with van der Waals surface area (Å²) >= 11 is 3.16. The van der Waals surface area contributed by atoms with Gasteiger partial charge in [0.15, 0.2) is 10.4 Å². The number of nitrogens with two attached hydrogens (primary N) is 1. The summed E-state index contributed by atoms with van der Waals surface area (Å²) in [5.41, 5.74) is 6.79. The van der Waals surface area contributed by atoms with E-state index in [1.807, 2.05) is 6.92 Å². The highest BCUT2D eigenvalue weighted by Gasteiger charge is 2.14. The second kappa shape index (κ2) is 5.93. The number of anilines is 1. The lowest BCUT2D eigenvalue weighted by Crippen LogP contribution is -2.03. The molecule has 0 unspecified atom stereocenters. The highest BCUT2D eigenvalue weighted by Crippen LogP contribution is 2.25. The molecule has 2 rings (SSSR count). The fraction of sp³-hybridized carbons (Fsp3) is 0.214. The molecule has 1 heterocycles. The predicted molar refractivity (Wildman–Crippen MR) is 76.5 cm³/mol. The van der Waals surface area contributed by atoms with Crippen molar-refractivity contribution in [1.82, 2.24) is 0 Å². The van der Waals surface area contributed by atoms with Crippen LogP contribution < -0.4 is 10.5 Å². The number of carbonyl (C=O) groups excluding carboxylic acids is 1. The van der Waals surface area contributed by atoms with Crippen LogP contribution in [0.3, 0.4) is 0 Å². The molecule has 0 bridgehead atoms. The van der Waals surface area contributed by atoms with E-state index < -0.39 is 0 Å². The quantitative estimate of drug-likeness (QED) is 0.673. The maximum atomic E-state index is 12.1. The zero-order chi connectivity index (χ0) is 13.8. The number of furan rings is 1. The van der Waals surface area contributed by atoms with Crippen LogP contribution in [0.5, 0.6) is 5.75 Å². The van der Waals surface area contributed by atoms with E-state index in [0.29, 0.717) is 28.3 Å². The smallest absolute Gasteiger partial charge is 0.228 e. The number of hydrogen-bond donors (Lipinski definition) is 1. The number of rotatable bonds is 5. The van der Waals surface area contributed by atoms with Gasteiger partial charge < -0.3 is 14.9 Å². The van der Waals surface area contributed by atoms with Crippen LogP contribution >= 0.6 is 15.9 Å². The molecule has 5 heteroatoms. The number of hydrogen-bond acceptors (Lipinski definition) is 4. The molecule has 2 aromatic rings. The summed E-state index contributed by atoms with van der Waals surface area (Å²) in [6.07, 6.45) is 0.903. The van der Waals surface area contributed by atoms with E-state index in [1.54, 1.807) is 30.3 Å². The zero-order valence-electron chi connectivity index (χ0n) is 10.5. The number of ketones is 1. The lowest BCUT2D eigenvalue weighted by molar-refractivity contribution is 0.101. The second-order valence-corrected chi connectivity index (χ2v) is 4.82. The maximum Gasteiger partial charge on any atom is 0.228 e. The minimum absolute atomic E-state index is 0.209. The van der Waals surface area contributed by atoms with Gasteiger partial charge in [-0.25, -0.2) is 0 Å². The first-order valence-electron chi connectivity index (χ1n) is 5.94. The second-order valence-electron chi connectivity index (χ2n) is 4.03. The third-order valence-corrected chi connectivity index (χ3v) is 2.96. The Morgan fingerprint density at radius 2 is 2.16 bits per heavy atom. The largest absolute Gasteiger partial charge is 0.491 e. The van der Waals surface area contributed by atoms with Crippen molar-refractivity contribution >= 4 is 27.4 Å². The van der Waals surface area contributed by atoms with Gasteiger partial charge in [-0.15, -0.1) is 0 Å². The summed E-state index contributed by atoms with van der Waals surface area (Å²) in [5.74, 6) is 0.659. The van der Waals surface area contributed by atoms with E-state index in [0.717, 1.165) is 6.42 Å². The summed E-state index contributed by atoms with van der Waals surface area (Å²) in [5, 5.41) is 0. The topological polar surface area (TPSA) is 65.5 Å². The van der Waals surface area contributed by atoms with E-state index in [1.165, 1.54) is 0 Å². The van der Waals surface area contributed by atoms with Crippen LogP contribution in [0, 0.1) is 0 Å². The SMILES string of the molecule is CCCOc1ccc(C(=O)c2ccc(Br)o2)cc1N. The number of ether oxygens (including phenoxy) is 1. The van der Waals surface area contributed by atoms with E-state index in [2.05, 4.69) is 15.9 Å². The minimum atomic E-state index is -0.209. The summed E-state index contributed by atoms with van der Waals surface area (Å²) in [6.45, 7) is 2.62. The van der Waals surface area contributed by atoms with Crippen LogP contribution in [0.1, 0.15) is 29.5 Å². The van der Waals surface area contributed by atoms with Crippen molar-refractivity contribution in [3.8, 4) is 5.75 Å². The molecular formula is C14H14BrNO3. The Morgan fingerprint density at radius 1 is 1.37 bits per heavy atom. The van der Waals surface area contributed by atoms with Crippen LogP contribution in [0.2, 0.25) is 0 Å². The average molecular weight is 324 g/mol. The molecule has 0 aliphatic rings. The third kappa shape index (κ3) is 3.17. The van der Waals surface area contributed by atoms with Gasteiger partial charge in [-0.05, 0) is 52.7 Å². The molecule has 2 N–H and O–H groups in total. The van der Waals surface area contributed by atoms with E-state index in [4.69, 9.17) is 14.9 Å². The van der Waals surface area contributed by atoms with Crippen molar-refractivity contribution in [3.05, 3.63) is 46.3 Å². The van der Waals surface area contributed by atoms with Gasteiger partial charge in [-0.2, -0.15) is 0 Å². The molecule has 1 aromatic carbocycles. The molecule has 0 aliphatic carbocycles. The first-order chi connectivity index (χ1) is 9.11. The Labute approximate surface area is 119 Å². The average Bonchev–Trinajstić information content (AvgIpc) is 2.83. The lowest BCUT2D eigenvalue weighted by atomic mass is 10.1. The van der Waals surface area contributed by atoms with Crippen molar-refractivity contribution in [3.63, 3.8) is 0 Å². The lowest BCUT2D eigenvalue weighted by Gasteiger charge is -2.08. The molecule has 0 spiro atoms. The van der Waals surface area contributed by atoms with Crippen molar-refractivity contribution in [2.24, 2.45) is 0 Å². The molecule has 0 fully saturated rings. The van der Waals surface area contributed by atoms with Gasteiger partial charge in [0, 0.05) is 5.56 Å². The van der Waals surface area contributed by atoms with Gasteiger partial charge in [-0.1, -0.05) is 6.92 Å². The summed E-state index contributed by atoms with van der Waals surface area (Å²) in [4.78, 5) is 12.1. The molecule has 0 saturated heterocycles. The number of benzene rings is 1. The Balaban J connectivity index is 2.22. The molecule has 0 aliphatic heterocycles. The Hall–Kier alpha value is -1.75. The van der Waals surface area contributed by atoms with Crippen LogP contribution in [-0.4, -0.2) is 12.4 Å². The van der Waals surface area contributed by atoms with Crippen LogP contribution in [0.25, 0.3) is 0 Å². The highest BCUT2D eigenvalue weighted by atomic mass is 79.9. The molecule has 0 atom stereocenters. The molecule has 1 aromatic heterocycles. The molecule has 4 nitrogen and oxygen atoms in total. The molecule has 19 heavy (non-hydrogen) atoms. The van der Waals surface area contributed by atoms with Gasteiger partial charge in [0.25, 0.3) is 0 Å². The van der Waals surface area contributed by atoms with Gasteiger partial charge in [-0.3, -0.25) is 4.79 Å². The van der Waals surface area contributed by atoms with Crippen LogP contribution in [0.4, 0.5) is 5.69 Å². The van der Waals surface area contributed by atoms with Gasteiger partial charge in [0.1, 0.15) is 5.75 Å². The minimum Gasteiger partial charge on any atom is -0.491 e. The number of halogens is 1. The highest BCUT2D eigenvalue weighted by molar-refractivity contribution is 9.10. The molecule has 0 saturated carbocycles. The van der Waals surface area contributed by atoms with Crippen molar-refractivity contribution in [1.29, 1.82) is 0 Å². The first kappa shape index (κ1) is 13.7. The first-order valence-corrected chi connectivity index (χ1v) is 6.73. The molecule has 0 radical (unpaired) electrons. The third-order valence-electron chi connectivity index (χ3n) is 2.53. The van der Waals surface area contributed by atoms with E-state index >= 15 is 0 Å². The fourth-order valence-electron chi connectivity index (χ4n) is 1.61. The Bertz CT molecular complexity index is 592. The summed E-state index contributed by atoms with van der Waals surface area (Å²) in [6, 6.07) is 8.28. The standard InChI is InChI=1S/C14H14BrNO3/c1-2-7-18-11-4-3-9(8-10(11)16)14(17)12-5-6-13(15)19-12/h3-6,8H,2,7,16H2,1H3. The molecular weight excluding hydrogens is 310 g/mol.